The highest BCUT2D eigenvalue weighted by Crippen LogP contribution is 2.28. The first kappa shape index (κ1) is 18.1. The van der Waals surface area contributed by atoms with E-state index in [0.717, 1.165) is 6.92 Å². The van der Waals surface area contributed by atoms with Gasteiger partial charge in [-0.05, 0) is 38.1 Å². The maximum Gasteiger partial charge on any atom is 0.408 e. The number of nitrogens with two attached hydrogens (primary N) is 1. The van der Waals surface area contributed by atoms with Gasteiger partial charge in [-0.25, -0.2) is 0 Å². The van der Waals surface area contributed by atoms with Gasteiger partial charge in [0.1, 0.15) is 6.04 Å². The van der Waals surface area contributed by atoms with Gasteiger partial charge in [0, 0.05) is 5.56 Å². The van der Waals surface area contributed by atoms with Crippen LogP contribution in [-0.2, 0) is 0 Å². The highest BCUT2D eigenvalue weighted by atomic mass is 19.4. The largest absolute Gasteiger partial charge is 0.493 e. The normalized spacial score (nSPS) is 12.6. The number of hydrogen-bond acceptors (Lipinski definition) is 4. The van der Waals surface area contributed by atoms with E-state index in [4.69, 9.17) is 15.2 Å². The summed E-state index contributed by atoms with van der Waals surface area (Å²) in [5.41, 5.74) is 5.41. The number of nitrogens with one attached hydrogen (secondary N) is 1. The fourth-order valence-corrected chi connectivity index (χ4v) is 1.56. The minimum atomic E-state index is -4.50. The number of halogens is 3. The fraction of sp³-hybridized carbons (Fsp3) is 0.500. The van der Waals surface area contributed by atoms with Crippen molar-refractivity contribution in [1.82, 2.24) is 5.32 Å². The van der Waals surface area contributed by atoms with Crippen molar-refractivity contribution in [2.24, 2.45) is 5.73 Å². The maximum absolute atomic E-state index is 12.5. The third kappa shape index (κ3) is 5.10. The molecule has 1 aromatic carbocycles. The number of alkyl halides is 3. The van der Waals surface area contributed by atoms with Gasteiger partial charge in [-0.3, -0.25) is 4.79 Å². The summed E-state index contributed by atoms with van der Waals surface area (Å²) in [6.07, 6.45) is -3.90. The number of benzene rings is 1. The smallest absolute Gasteiger partial charge is 0.408 e. The summed E-state index contributed by atoms with van der Waals surface area (Å²) in [7, 11) is 1.43. The highest BCUT2D eigenvalue weighted by Gasteiger charge is 2.37. The Labute approximate surface area is 126 Å². The van der Waals surface area contributed by atoms with Crippen molar-refractivity contribution in [2.45, 2.75) is 25.6 Å². The third-order valence-corrected chi connectivity index (χ3v) is 2.87. The third-order valence-electron chi connectivity index (χ3n) is 2.87. The van der Waals surface area contributed by atoms with Gasteiger partial charge in [-0.2, -0.15) is 13.2 Å². The lowest BCUT2D eigenvalue weighted by molar-refractivity contribution is -0.149. The molecular weight excluding hydrogens is 301 g/mol. The predicted molar refractivity (Wildman–Crippen MR) is 75.1 cm³/mol. The summed E-state index contributed by atoms with van der Waals surface area (Å²) in [5, 5.41) is 1.89. The Bertz CT molecular complexity index is 507. The molecule has 1 rings (SSSR count). The molecule has 0 aromatic heterocycles. The molecule has 5 nitrogen and oxygen atoms in total. The first-order valence-electron chi connectivity index (χ1n) is 6.68. The van der Waals surface area contributed by atoms with E-state index in [1.807, 2.05) is 5.32 Å². The molecule has 0 saturated heterocycles. The van der Waals surface area contributed by atoms with E-state index in [1.165, 1.54) is 25.3 Å². The predicted octanol–water partition coefficient (Wildman–Crippen LogP) is 2.10. The molecular formula is C14H19F3N2O3. The zero-order valence-electron chi connectivity index (χ0n) is 12.4. The van der Waals surface area contributed by atoms with Gasteiger partial charge < -0.3 is 20.5 Å². The summed E-state index contributed by atoms with van der Waals surface area (Å²) in [6.45, 7) is 1.63. The van der Waals surface area contributed by atoms with Crippen molar-refractivity contribution in [3.8, 4) is 11.5 Å². The highest BCUT2D eigenvalue weighted by molar-refractivity contribution is 5.95. The van der Waals surface area contributed by atoms with Crippen LogP contribution in [-0.4, -0.2) is 38.4 Å². The first-order chi connectivity index (χ1) is 10.3. The van der Waals surface area contributed by atoms with Gasteiger partial charge in [0.2, 0.25) is 0 Å². The van der Waals surface area contributed by atoms with Gasteiger partial charge in [0.15, 0.2) is 11.5 Å². The number of carbonyl (C=O) groups is 1. The number of ether oxygens (including phenoxy) is 2. The molecule has 22 heavy (non-hydrogen) atoms. The van der Waals surface area contributed by atoms with E-state index in [9.17, 15) is 18.0 Å². The molecule has 0 bridgehead atoms. The van der Waals surface area contributed by atoms with Crippen molar-refractivity contribution in [3.05, 3.63) is 23.8 Å². The van der Waals surface area contributed by atoms with Crippen LogP contribution in [0.15, 0.2) is 18.2 Å². The van der Waals surface area contributed by atoms with Crippen molar-refractivity contribution in [3.63, 3.8) is 0 Å². The fourth-order valence-electron chi connectivity index (χ4n) is 1.56. The SMILES string of the molecule is COc1ccc(C(=O)NC(C)C(F)(F)F)cc1OCCCN. The summed E-state index contributed by atoms with van der Waals surface area (Å²) >= 11 is 0. The van der Waals surface area contributed by atoms with Crippen LogP contribution in [0, 0.1) is 0 Å². The summed E-state index contributed by atoms with van der Waals surface area (Å²) in [4.78, 5) is 11.9. The molecule has 0 spiro atoms. The van der Waals surface area contributed by atoms with Gasteiger partial charge in [-0.15, -0.1) is 0 Å². The lowest BCUT2D eigenvalue weighted by Crippen LogP contribution is -2.43. The quantitative estimate of drug-likeness (QED) is 0.755. The van der Waals surface area contributed by atoms with E-state index in [0.29, 0.717) is 25.3 Å². The minimum Gasteiger partial charge on any atom is -0.493 e. The Hall–Kier alpha value is -1.96. The van der Waals surface area contributed by atoms with E-state index in [-0.39, 0.29) is 11.3 Å². The molecule has 0 aliphatic rings. The number of hydrogen-bond donors (Lipinski definition) is 2. The number of methoxy groups -OCH3 is 1. The van der Waals surface area contributed by atoms with Crippen LogP contribution in [0.5, 0.6) is 11.5 Å². The average Bonchev–Trinajstić information content (AvgIpc) is 2.46. The van der Waals surface area contributed by atoms with E-state index >= 15 is 0 Å². The van der Waals surface area contributed by atoms with Crippen molar-refractivity contribution in [1.29, 1.82) is 0 Å². The molecule has 0 saturated carbocycles. The second kappa shape index (κ2) is 7.88. The molecule has 8 heteroatoms. The molecule has 0 heterocycles. The molecule has 3 N–H and O–H groups in total. The second-order valence-corrected chi connectivity index (χ2v) is 4.59. The molecule has 1 aromatic rings. The lowest BCUT2D eigenvalue weighted by Gasteiger charge is -2.18. The van der Waals surface area contributed by atoms with Gasteiger partial charge >= 0.3 is 6.18 Å². The lowest BCUT2D eigenvalue weighted by atomic mass is 10.1. The minimum absolute atomic E-state index is 0.0552. The Kier molecular flexibility index (Phi) is 6.48. The maximum atomic E-state index is 12.5. The Morgan fingerprint density at radius 2 is 2.05 bits per heavy atom. The molecule has 0 fully saturated rings. The monoisotopic (exact) mass is 320 g/mol. The van der Waals surface area contributed by atoms with Crippen LogP contribution in [0.2, 0.25) is 0 Å². The van der Waals surface area contributed by atoms with Crippen molar-refractivity contribution in [2.75, 3.05) is 20.3 Å². The van der Waals surface area contributed by atoms with E-state index in [1.54, 1.807) is 0 Å². The van der Waals surface area contributed by atoms with Crippen LogP contribution in [0.25, 0.3) is 0 Å². The number of rotatable bonds is 7. The van der Waals surface area contributed by atoms with Crippen LogP contribution in [0.1, 0.15) is 23.7 Å². The first-order valence-corrected chi connectivity index (χ1v) is 6.68. The number of carbonyl (C=O) groups excluding carboxylic acids is 1. The van der Waals surface area contributed by atoms with E-state index < -0.39 is 18.1 Å². The molecule has 1 amide bonds. The molecule has 1 atom stereocenters. The molecule has 0 aliphatic carbocycles. The molecule has 1 unspecified atom stereocenters. The Balaban J connectivity index is 2.86. The van der Waals surface area contributed by atoms with Crippen LogP contribution in [0.4, 0.5) is 13.2 Å². The zero-order chi connectivity index (χ0) is 16.8. The van der Waals surface area contributed by atoms with Crippen molar-refractivity contribution < 1.29 is 27.4 Å². The van der Waals surface area contributed by atoms with Crippen LogP contribution in [0.3, 0.4) is 0 Å². The Morgan fingerprint density at radius 1 is 1.36 bits per heavy atom. The average molecular weight is 320 g/mol. The van der Waals surface area contributed by atoms with Crippen molar-refractivity contribution >= 4 is 5.91 Å². The second-order valence-electron chi connectivity index (χ2n) is 4.59. The topological polar surface area (TPSA) is 73.6 Å². The molecule has 0 radical (unpaired) electrons. The van der Waals surface area contributed by atoms with Gasteiger partial charge in [0.05, 0.1) is 13.7 Å². The number of amides is 1. The zero-order valence-corrected chi connectivity index (χ0v) is 12.4. The molecule has 0 aliphatic heterocycles. The summed E-state index contributed by atoms with van der Waals surface area (Å²) < 4.78 is 47.9. The summed E-state index contributed by atoms with van der Waals surface area (Å²) in [6, 6.07) is 2.23. The summed E-state index contributed by atoms with van der Waals surface area (Å²) in [5.74, 6) is -0.170. The Morgan fingerprint density at radius 3 is 2.59 bits per heavy atom. The van der Waals surface area contributed by atoms with Gasteiger partial charge in [-0.1, -0.05) is 0 Å². The standard InChI is InChI=1S/C14H19F3N2O3/c1-9(14(15,16)17)19-13(20)10-4-5-11(21-2)12(8-10)22-7-3-6-18/h4-5,8-9H,3,6-7,18H2,1-2H3,(H,19,20). The van der Waals surface area contributed by atoms with E-state index in [2.05, 4.69) is 0 Å². The van der Waals surface area contributed by atoms with Gasteiger partial charge in [0.25, 0.3) is 5.91 Å². The molecule has 124 valence electrons. The van der Waals surface area contributed by atoms with Crippen LogP contribution < -0.4 is 20.5 Å². The van der Waals surface area contributed by atoms with Crippen LogP contribution >= 0.6 is 0 Å².